The maximum Gasteiger partial charge on any atom is 0.486 e. The Morgan fingerprint density at radius 2 is 1.61 bits per heavy atom. The van der Waals surface area contributed by atoms with Crippen LogP contribution in [0.1, 0.15) is 24.2 Å². The summed E-state index contributed by atoms with van der Waals surface area (Å²) in [5.74, 6) is -3.91. The molecule has 10 heteroatoms. The van der Waals surface area contributed by atoms with Crippen molar-refractivity contribution in [2.75, 3.05) is 0 Å². The van der Waals surface area contributed by atoms with Crippen LogP contribution in [0.25, 0.3) is 33.4 Å². The van der Waals surface area contributed by atoms with Crippen LogP contribution in [0.3, 0.4) is 0 Å². The van der Waals surface area contributed by atoms with Crippen molar-refractivity contribution in [1.29, 1.82) is 0 Å². The molecule has 1 fully saturated rings. The second-order valence-electron chi connectivity index (χ2n) is 9.18. The van der Waals surface area contributed by atoms with Gasteiger partial charge < -0.3 is 5.73 Å². The summed E-state index contributed by atoms with van der Waals surface area (Å²) in [7, 11) is 0. The van der Waals surface area contributed by atoms with Gasteiger partial charge in [-0.25, -0.2) is 8.78 Å². The Morgan fingerprint density at radius 3 is 2.25 bits per heavy atom. The van der Waals surface area contributed by atoms with E-state index in [9.17, 15) is 22.0 Å². The highest BCUT2D eigenvalue weighted by Gasteiger charge is 2.55. The number of aromatic nitrogens is 4. The maximum atomic E-state index is 13.9. The summed E-state index contributed by atoms with van der Waals surface area (Å²) in [5.41, 5.74) is 8.07. The van der Waals surface area contributed by atoms with Crippen molar-refractivity contribution in [3.8, 4) is 16.8 Å². The molecular formula is C26H19F5N5+. The number of benzene rings is 2. The average molecular weight is 496 g/mol. The first-order valence-corrected chi connectivity index (χ1v) is 11.2. The first kappa shape index (κ1) is 22.5. The van der Waals surface area contributed by atoms with E-state index in [-0.39, 0.29) is 5.65 Å². The zero-order chi connectivity index (χ0) is 25.3. The summed E-state index contributed by atoms with van der Waals surface area (Å²) in [4.78, 5) is 4.47. The molecule has 0 saturated heterocycles. The van der Waals surface area contributed by atoms with Gasteiger partial charge in [-0.2, -0.15) is 17.6 Å². The third-order valence-electron chi connectivity index (χ3n) is 6.59. The fourth-order valence-electron chi connectivity index (χ4n) is 4.88. The Labute approximate surface area is 201 Å². The molecule has 0 radical (unpaired) electrons. The number of halogens is 5. The topological polar surface area (TPSA) is 60.8 Å². The molecule has 3 heterocycles. The normalized spacial score (nSPS) is 16.8. The van der Waals surface area contributed by atoms with Crippen LogP contribution in [0.5, 0.6) is 0 Å². The van der Waals surface area contributed by atoms with Crippen molar-refractivity contribution in [3.05, 3.63) is 90.5 Å². The highest BCUT2D eigenvalue weighted by atomic mass is 19.4. The lowest BCUT2D eigenvalue weighted by atomic mass is 9.70. The molecule has 0 atom stereocenters. The standard InChI is InChI=1S/C26H19F5N5/c27-25(28)14-24(32,15-25)18-6-8-19(9-7-18)36-22-20-12-17(16-4-2-1-3-5-16)13-33-21(20)10-11-35(22)23(34-36)26(29,30)31/h1-13H,14-15,32H2/q+1. The van der Waals surface area contributed by atoms with Crippen molar-refractivity contribution in [2.45, 2.75) is 30.5 Å². The van der Waals surface area contributed by atoms with Crippen molar-refractivity contribution in [3.63, 3.8) is 0 Å². The summed E-state index contributed by atoms with van der Waals surface area (Å²) in [6.07, 6.45) is -2.71. The number of nitrogens with zero attached hydrogens (tertiary/aromatic N) is 4. The average Bonchev–Trinajstić information content (AvgIpc) is 3.24. The molecule has 0 spiro atoms. The van der Waals surface area contributed by atoms with Gasteiger partial charge in [0.25, 0.3) is 11.6 Å². The second-order valence-corrected chi connectivity index (χ2v) is 9.18. The van der Waals surface area contributed by atoms with E-state index in [0.29, 0.717) is 22.2 Å². The van der Waals surface area contributed by atoms with Gasteiger partial charge in [-0.1, -0.05) is 47.1 Å². The van der Waals surface area contributed by atoms with Crippen molar-refractivity contribution in [1.82, 2.24) is 14.8 Å². The molecule has 1 saturated carbocycles. The molecule has 1 aliphatic carbocycles. The number of pyridine rings is 2. The van der Waals surface area contributed by atoms with Crippen molar-refractivity contribution in [2.24, 2.45) is 5.73 Å². The lowest BCUT2D eigenvalue weighted by Crippen LogP contribution is -2.55. The number of fused-ring (bicyclic) bond motifs is 3. The predicted molar refractivity (Wildman–Crippen MR) is 123 cm³/mol. The van der Waals surface area contributed by atoms with Gasteiger partial charge in [-0.05, 0) is 35.4 Å². The van der Waals surface area contributed by atoms with Crippen molar-refractivity contribution >= 4 is 16.6 Å². The van der Waals surface area contributed by atoms with Gasteiger partial charge >= 0.3 is 12.0 Å². The lowest BCUT2D eigenvalue weighted by molar-refractivity contribution is -0.542. The molecule has 5 aromatic rings. The third kappa shape index (κ3) is 3.60. The SMILES string of the molecule is NC1(c2ccc(-n3nc(C(F)(F)F)[n+]4ccc5ncc(-c6ccccc6)cc5c34)cc2)CC(F)(F)C1. The van der Waals surface area contributed by atoms with Crippen LogP contribution in [-0.4, -0.2) is 20.7 Å². The Hall–Kier alpha value is -3.92. The first-order chi connectivity index (χ1) is 17.0. The molecule has 1 aliphatic rings. The number of nitrogens with two attached hydrogens (primary N) is 1. The summed E-state index contributed by atoms with van der Waals surface area (Å²) in [6.45, 7) is 0. The van der Waals surface area contributed by atoms with Crippen LogP contribution in [-0.2, 0) is 11.7 Å². The Kier molecular flexibility index (Phi) is 4.72. The predicted octanol–water partition coefficient (Wildman–Crippen LogP) is 5.43. The molecule has 0 unspecified atom stereocenters. The lowest BCUT2D eigenvalue weighted by Gasteiger charge is -2.44. The van der Waals surface area contributed by atoms with Crippen LogP contribution in [0.4, 0.5) is 22.0 Å². The Morgan fingerprint density at radius 1 is 0.917 bits per heavy atom. The molecule has 182 valence electrons. The van der Waals surface area contributed by atoms with Gasteiger partial charge in [0, 0.05) is 24.6 Å². The monoisotopic (exact) mass is 496 g/mol. The highest BCUT2D eigenvalue weighted by Crippen LogP contribution is 2.49. The van der Waals surface area contributed by atoms with Gasteiger partial charge in [-0.15, -0.1) is 0 Å². The number of hydrogen-bond acceptors (Lipinski definition) is 3. The van der Waals surface area contributed by atoms with Crippen LogP contribution < -0.4 is 10.1 Å². The molecule has 2 aromatic carbocycles. The molecule has 3 aromatic heterocycles. The minimum Gasteiger partial charge on any atom is -0.321 e. The largest absolute Gasteiger partial charge is 0.486 e. The van der Waals surface area contributed by atoms with E-state index in [4.69, 9.17) is 5.73 Å². The zero-order valence-electron chi connectivity index (χ0n) is 18.7. The fraction of sp³-hybridized carbons (Fsp3) is 0.192. The molecular weight excluding hydrogens is 477 g/mol. The quantitative estimate of drug-likeness (QED) is 0.268. The van der Waals surface area contributed by atoms with Gasteiger partial charge in [0.2, 0.25) is 0 Å². The summed E-state index contributed by atoms with van der Waals surface area (Å²) >= 11 is 0. The van der Waals surface area contributed by atoms with E-state index in [1.807, 2.05) is 30.3 Å². The molecule has 0 bridgehead atoms. The van der Waals surface area contributed by atoms with Gasteiger partial charge in [0.05, 0.1) is 27.7 Å². The van der Waals surface area contributed by atoms with Crippen molar-refractivity contribution < 1.29 is 26.4 Å². The molecule has 0 aliphatic heterocycles. The maximum absolute atomic E-state index is 13.9. The van der Waals surface area contributed by atoms with Crippen LogP contribution in [0.15, 0.2) is 79.1 Å². The van der Waals surface area contributed by atoms with E-state index < -0.39 is 36.3 Å². The number of rotatable bonds is 3. The molecule has 5 nitrogen and oxygen atoms in total. The third-order valence-corrected chi connectivity index (χ3v) is 6.59. The molecule has 6 rings (SSSR count). The van der Waals surface area contributed by atoms with Crippen LogP contribution >= 0.6 is 0 Å². The molecule has 36 heavy (non-hydrogen) atoms. The summed E-state index contributed by atoms with van der Waals surface area (Å²) in [6, 6.07) is 18.9. The van der Waals surface area contributed by atoms with Gasteiger partial charge in [0.15, 0.2) is 0 Å². The summed E-state index contributed by atoms with van der Waals surface area (Å²) in [5, 5.41) is 4.38. The minimum absolute atomic E-state index is 0.176. The van der Waals surface area contributed by atoms with E-state index >= 15 is 0 Å². The van der Waals surface area contributed by atoms with E-state index in [2.05, 4.69) is 10.1 Å². The fourth-order valence-corrected chi connectivity index (χ4v) is 4.88. The smallest absolute Gasteiger partial charge is 0.321 e. The number of hydrogen-bond donors (Lipinski definition) is 1. The Bertz CT molecular complexity index is 1600. The number of alkyl halides is 5. The summed E-state index contributed by atoms with van der Waals surface area (Å²) < 4.78 is 70.9. The minimum atomic E-state index is -4.72. The van der Waals surface area contributed by atoms with Crippen LogP contribution in [0.2, 0.25) is 0 Å². The van der Waals surface area contributed by atoms with Crippen LogP contribution in [0, 0.1) is 0 Å². The molecule has 2 N–H and O–H groups in total. The van der Waals surface area contributed by atoms with Gasteiger partial charge in [0.1, 0.15) is 5.69 Å². The highest BCUT2D eigenvalue weighted by molar-refractivity contribution is 5.92. The molecule has 0 amide bonds. The first-order valence-electron chi connectivity index (χ1n) is 11.2. The second kappa shape index (κ2) is 7.54. The zero-order valence-corrected chi connectivity index (χ0v) is 18.7. The van der Waals surface area contributed by atoms with E-state index in [1.165, 1.54) is 16.9 Å². The van der Waals surface area contributed by atoms with E-state index in [1.54, 1.807) is 36.5 Å². The Balaban J connectivity index is 1.55. The van der Waals surface area contributed by atoms with E-state index in [0.717, 1.165) is 15.5 Å². The van der Waals surface area contributed by atoms with Gasteiger partial charge in [-0.3, -0.25) is 4.98 Å².